The number of halogens is 1. The number of hydrogen-bond donors (Lipinski definition) is 0. The fourth-order valence-corrected chi connectivity index (χ4v) is 4.23. The molecule has 8 heteroatoms. The standard InChI is InChI=1S/C23H26ClN3O3S/c1-15-17(24)8-10-20-22(15)25-23(31-20)27(13-12-26(2)3)21(28)11-7-16-6-9-18(29-4)19(14-16)30-5/h6-11,14H,12-13H2,1-5H3/b11-7+. The number of likely N-dealkylation sites (N-methyl/N-ethyl adjacent to an activating group) is 1. The lowest BCUT2D eigenvalue weighted by molar-refractivity contribution is -0.114. The summed E-state index contributed by atoms with van der Waals surface area (Å²) in [4.78, 5) is 21.6. The van der Waals surface area contributed by atoms with Crippen LogP contribution in [0.3, 0.4) is 0 Å². The summed E-state index contributed by atoms with van der Waals surface area (Å²) in [5, 5.41) is 1.33. The number of rotatable bonds is 8. The van der Waals surface area contributed by atoms with Gasteiger partial charge in [0.05, 0.1) is 24.4 Å². The Morgan fingerprint density at radius 1 is 1.13 bits per heavy atom. The maximum atomic E-state index is 13.1. The highest BCUT2D eigenvalue weighted by molar-refractivity contribution is 7.22. The number of nitrogens with zero attached hydrogens (tertiary/aromatic N) is 3. The van der Waals surface area contributed by atoms with Crippen LogP contribution in [-0.2, 0) is 4.79 Å². The van der Waals surface area contributed by atoms with Crippen LogP contribution in [0.15, 0.2) is 36.4 Å². The van der Waals surface area contributed by atoms with E-state index in [-0.39, 0.29) is 5.91 Å². The minimum Gasteiger partial charge on any atom is -0.493 e. The maximum Gasteiger partial charge on any atom is 0.252 e. The maximum absolute atomic E-state index is 13.1. The Hall–Kier alpha value is -2.61. The highest BCUT2D eigenvalue weighted by Gasteiger charge is 2.19. The Morgan fingerprint density at radius 2 is 1.87 bits per heavy atom. The predicted octanol–water partition coefficient (Wildman–Crippen LogP) is 4.88. The van der Waals surface area contributed by atoms with Gasteiger partial charge in [0.25, 0.3) is 5.91 Å². The first kappa shape index (κ1) is 23.1. The van der Waals surface area contributed by atoms with Gasteiger partial charge in [-0.3, -0.25) is 9.69 Å². The Balaban J connectivity index is 1.90. The summed E-state index contributed by atoms with van der Waals surface area (Å²) >= 11 is 7.74. The van der Waals surface area contributed by atoms with Crippen molar-refractivity contribution in [2.24, 2.45) is 0 Å². The largest absolute Gasteiger partial charge is 0.493 e. The summed E-state index contributed by atoms with van der Waals surface area (Å²) in [5.74, 6) is 1.11. The van der Waals surface area contributed by atoms with Crippen molar-refractivity contribution in [2.75, 3.05) is 46.3 Å². The van der Waals surface area contributed by atoms with Crippen molar-refractivity contribution in [1.29, 1.82) is 0 Å². The molecule has 3 rings (SSSR count). The quantitative estimate of drug-likeness (QED) is 0.449. The van der Waals surface area contributed by atoms with Gasteiger partial charge >= 0.3 is 0 Å². The minimum absolute atomic E-state index is 0.139. The van der Waals surface area contributed by atoms with Gasteiger partial charge in [-0.1, -0.05) is 29.0 Å². The van der Waals surface area contributed by atoms with Crippen molar-refractivity contribution in [3.05, 3.63) is 52.6 Å². The SMILES string of the molecule is COc1ccc(/C=C/C(=O)N(CCN(C)C)c2nc3c(C)c(Cl)ccc3s2)cc1OC. The van der Waals surface area contributed by atoms with Crippen LogP contribution in [0, 0.1) is 6.92 Å². The molecule has 0 bridgehead atoms. The molecule has 0 N–H and O–H groups in total. The van der Waals surface area contributed by atoms with Crippen molar-refractivity contribution in [3.63, 3.8) is 0 Å². The van der Waals surface area contributed by atoms with E-state index in [0.29, 0.717) is 34.7 Å². The molecule has 164 valence electrons. The summed E-state index contributed by atoms with van der Waals surface area (Å²) < 4.78 is 11.6. The lowest BCUT2D eigenvalue weighted by Gasteiger charge is -2.20. The fraction of sp³-hybridized carbons (Fsp3) is 0.304. The van der Waals surface area contributed by atoms with Crippen LogP contribution < -0.4 is 14.4 Å². The van der Waals surface area contributed by atoms with Crippen molar-refractivity contribution in [1.82, 2.24) is 9.88 Å². The van der Waals surface area contributed by atoms with Crippen LogP contribution in [0.25, 0.3) is 16.3 Å². The Kier molecular flexibility index (Phi) is 7.54. The molecule has 2 aromatic carbocycles. The molecule has 31 heavy (non-hydrogen) atoms. The fourth-order valence-electron chi connectivity index (χ4n) is 3.02. The minimum atomic E-state index is -0.139. The highest BCUT2D eigenvalue weighted by Crippen LogP contribution is 2.34. The number of anilines is 1. The zero-order valence-corrected chi connectivity index (χ0v) is 19.9. The summed E-state index contributed by atoms with van der Waals surface area (Å²) in [5.41, 5.74) is 2.59. The van der Waals surface area contributed by atoms with Gasteiger partial charge in [0.1, 0.15) is 0 Å². The van der Waals surface area contributed by atoms with E-state index in [0.717, 1.165) is 21.3 Å². The van der Waals surface area contributed by atoms with Crippen molar-refractivity contribution >= 4 is 50.3 Å². The second kappa shape index (κ2) is 10.1. The molecule has 1 amide bonds. The molecule has 0 fully saturated rings. The molecule has 6 nitrogen and oxygen atoms in total. The number of aryl methyl sites for hydroxylation is 1. The van der Waals surface area contributed by atoms with Gasteiger partial charge in [0.15, 0.2) is 16.6 Å². The number of carbonyl (C=O) groups excluding carboxylic acids is 1. The highest BCUT2D eigenvalue weighted by atomic mass is 35.5. The third-order valence-corrected chi connectivity index (χ3v) is 6.28. The van der Waals surface area contributed by atoms with Gasteiger partial charge in [-0.25, -0.2) is 4.98 Å². The number of benzene rings is 2. The van der Waals surface area contributed by atoms with Gasteiger partial charge in [-0.05, 0) is 62.5 Å². The Morgan fingerprint density at radius 3 is 2.55 bits per heavy atom. The van der Waals surface area contributed by atoms with E-state index >= 15 is 0 Å². The predicted molar refractivity (Wildman–Crippen MR) is 129 cm³/mol. The van der Waals surface area contributed by atoms with Crippen LogP contribution >= 0.6 is 22.9 Å². The second-order valence-corrected chi connectivity index (χ2v) is 8.67. The molecule has 0 aliphatic carbocycles. The average molecular weight is 460 g/mol. The van der Waals surface area contributed by atoms with Crippen molar-refractivity contribution in [3.8, 4) is 11.5 Å². The Bertz CT molecular complexity index is 1110. The van der Waals surface area contributed by atoms with Crippen LogP contribution in [0.5, 0.6) is 11.5 Å². The molecule has 0 spiro atoms. The first-order chi connectivity index (χ1) is 14.8. The van der Waals surface area contributed by atoms with E-state index in [1.165, 1.54) is 11.3 Å². The van der Waals surface area contributed by atoms with Crippen LogP contribution in [-0.4, -0.2) is 57.2 Å². The van der Waals surface area contributed by atoms with Crippen molar-refractivity contribution in [2.45, 2.75) is 6.92 Å². The molecular formula is C23H26ClN3O3S. The van der Waals surface area contributed by atoms with Crippen LogP contribution in [0.4, 0.5) is 5.13 Å². The first-order valence-electron chi connectivity index (χ1n) is 9.76. The zero-order chi connectivity index (χ0) is 22.5. The zero-order valence-electron chi connectivity index (χ0n) is 18.3. The van der Waals surface area contributed by atoms with Gasteiger partial charge in [0, 0.05) is 24.2 Å². The van der Waals surface area contributed by atoms with Crippen LogP contribution in [0.1, 0.15) is 11.1 Å². The van der Waals surface area contributed by atoms with Gasteiger partial charge in [-0.2, -0.15) is 0 Å². The van der Waals surface area contributed by atoms with E-state index < -0.39 is 0 Å². The molecule has 0 aliphatic heterocycles. The van der Waals surface area contributed by atoms with Gasteiger partial charge in [0.2, 0.25) is 0 Å². The monoisotopic (exact) mass is 459 g/mol. The van der Waals surface area contributed by atoms with E-state index in [1.54, 1.807) is 31.3 Å². The summed E-state index contributed by atoms with van der Waals surface area (Å²) in [6.45, 7) is 3.18. The number of ether oxygens (including phenoxy) is 2. The number of thiazole rings is 1. The third-order valence-electron chi connectivity index (χ3n) is 4.83. The van der Waals surface area contributed by atoms with E-state index in [4.69, 9.17) is 26.1 Å². The summed E-state index contributed by atoms with van der Waals surface area (Å²) in [7, 11) is 7.13. The van der Waals surface area contributed by atoms with Crippen LogP contribution in [0.2, 0.25) is 5.02 Å². The smallest absolute Gasteiger partial charge is 0.252 e. The molecule has 0 saturated heterocycles. The number of carbonyl (C=O) groups is 1. The molecule has 0 unspecified atom stereocenters. The number of fused-ring (bicyclic) bond motifs is 1. The molecule has 0 radical (unpaired) electrons. The number of aromatic nitrogens is 1. The number of hydrogen-bond acceptors (Lipinski definition) is 6. The molecule has 0 atom stereocenters. The van der Waals surface area contributed by atoms with E-state index in [9.17, 15) is 4.79 Å². The molecule has 3 aromatic rings. The van der Waals surface area contributed by atoms with E-state index in [1.807, 2.05) is 56.3 Å². The summed E-state index contributed by atoms with van der Waals surface area (Å²) in [6, 6.07) is 9.32. The Labute approximate surface area is 191 Å². The van der Waals surface area contributed by atoms with E-state index in [2.05, 4.69) is 0 Å². The molecule has 0 aliphatic rings. The topological polar surface area (TPSA) is 54.9 Å². The molecule has 0 saturated carbocycles. The lowest BCUT2D eigenvalue weighted by Crippen LogP contribution is -2.35. The average Bonchev–Trinajstić information content (AvgIpc) is 3.19. The van der Waals surface area contributed by atoms with Gasteiger partial charge in [-0.15, -0.1) is 0 Å². The summed E-state index contributed by atoms with van der Waals surface area (Å²) in [6.07, 6.45) is 3.32. The molecular weight excluding hydrogens is 434 g/mol. The molecule has 1 heterocycles. The lowest BCUT2D eigenvalue weighted by atomic mass is 10.2. The van der Waals surface area contributed by atoms with Gasteiger partial charge < -0.3 is 14.4 Å². The number of methoxy groups -OCH3 is 2. The second-order valence-electron chi connectivity index (χ2n) is 7.26. The normalized spacial score (nSPS) is 11.5. The first-order valence-corrected chi connectivity index (χ1v) is 11.0. The number of amides is 1. The third kappa shape index (κ3) is 5.36. The van der Waals surface area contributed by atoms with Crippen molar-refractivity contribution < 1.29 is 14.3 Å². The molecule has 1 aromatic heterocycles.